The molecular weight excluding hydrogens is 613 g/mol. The Balaban J connectivity index is 1.15. The summed E-state index contributed by atoms with van der Waals surface area (Å²) in [7, 11) is 0. The molecule has 3 heterocycles. The van der Waals surface area contributed by atoms with Gasteiger partial charge in [-0.1, -0.05) is 140 Å². The normalized spacial score (nSPS) is 11.6. The van der Waals surface area contributed by atoms with Crippen molar-refractivity contribution in [2.24, 2.45) is 0 Å². The van der Waals surface area contributed by atoms with E-state index in [0.717, 1.165) is 55.4 Å². The molecule has 3 aromatic heterocycles. The first-order valence-corrected chi connectivity index (χ1v) is 16.7. The molecule has 0 N–H and O–H groups in total. The summed E-state index contributed by atoms with van der Waals surface area (Å²) in [6, 6.07) is 58.6. The molecule has 0 aliphatic heterocycles. The highest BCUT2D eigenvalue weighted by molar-refractivity contribution is 6.12. The van der Waals surface area contributed by atoms with Crippen molar-refractivity contribution >= 4 is 43.7 Å². The minimum Gasteiger partial charge on any atom is -0.455 e. The maximum Gasteiger partial charge on any atom is 0.164 e. The standard InChI is InChI=1S/C45H28N4O/c1-3-14-29(15-4-1)43-46-44(30-16-5-2-6-17-30)48-45(47-43)31-26-27-35-37-22-13-21-36(42(37)50-41(35)28-31)34-20-9-12-25-40(34)49-38-23-10-7-18-32(38)33-19-8-11-24-39(33)49/h1-28H. The first-order valence-electron chi connectivity index (χ1n) is 16.7. The minimum atomic E-state index is 0.594. The van der Waals surface area contributed by atoms with Crippen molar-refractivity contribution in [3.05, 3.63) is 170 Å². The van der Waals surface area contributed by atoms with Gasteiger partial charge in [-0.05, 0) is 30.3 Å². The van der Waals surface area contributed by atoms with Gasteiger partial charge >= 0.3 is 0 Å². The average molecular weight is 641 g/mol. The van der Waals surface area contributed by atoms with E-state index in [1.807, 2.05) is 60.7 Å². The van der Waals surface area contributed by atoms with Gasteiger partial charge in [0.1, 0.15) is 11.2 Å². The highest BCUT2D eigenvalue weighted by Gasteiger charge is 2.19. The summed E-state index contributed by atoms with van der Waals surface area (Å²) in [6.07, 6.45) is 0. The fourth-order valence-electron chi connectivity index (χ4n) is 7.17. The van der Waals surface area contributed by atoms with E-state index in [9.17, 15) is 0 Å². The second-order valence-electron chi connectivity index (χ2n) is 12.4. The number of para-hydroxylation sites is 4. The van der Waals surface area contributed by atoms with Gasteiger partial charge in [-0.2, -0.15) is 0 Å². The molecule has 50 heavy (non-hydrogen) atoms. The summed E-state index contributed by atoms with van der Waals surface area (Å²) < 4.78 is 9.17. The Bertz CT molecular complexity index is 2760. The Morgan fingerprint density at radius 2 is 0.900 bits per heavy atom. The molecule has 234 valence electrons. The Morgan fingerprint density at radius 1 is 0.380 bits per heavy atom. The third kappa shape index (κ3) is 4.52. The predicted octanol–water partition coefficient (Wildman–Crippen LogP) is 11.5. The largest absolute Gasteiger partial charge is 0.455 e. The van der Waals surface area contributed by atoms with Crippen LogP contribution in [0.1, 0.15) is 0 Å². The molecule has 5 heteroatoms. The highest BCUT2D eigenvalue weighted by atomic mass is 16.3. The molecule has 5 nitrogen and oxygen atoms in total. The second kappa shape index (κ2) is 11.4. The fourth-order valence-corrected chi connectivity index (χ4v) is 7.17. The van der Waals surface area contributed by atoms with Gasteiger partial charge in [-0.3, -0.25) is 0 Å². The van der Waals surface area contributed by atoms with E-state index in [-0.39, 0.29) is 0 Å². The van der Waals surface area contributed by atoms with Crippen molar-refractivity contribution < 1.29 is 4.42 Å². The van der Waals surface area contributed by atoms with E-state index in [0.29, 0.717) is 17.5 Å². The molecule has 0 aliphatic rings. The molecule has 0 atom stereocenters. The van der Waals surface area contributed by atoms with Crippen LogP contribution < -0.4 is 0 Å². The van der Waals surface area contributed by atoms with Crippen LogP contribution >= 0.6 is 0 Å². The number of benzene rings is 7. The smallest absolute Gasteiger partial charge is 0.164 e. The quantitative estimate of drug-likeness (QED) is 0.188. The Hall–Kier alpha value is -6.85. The lowest BCUT2D eigenvalue weighted by Gasteiger charge is -2.14. The van der Waals surface area contributed by atoms with E-state index >= 15 is 0 Å². The summed E-state index contributed by atoms with van der Waals surface area (Å²) in [4.78, 5) is 14.8. The number of furan rings is 1. The summed E-state index contributed by atoms with van der Waals surface area (Å²) in [6.45, 7) is 0. The van der Waals surface area contributed by atoms with Crippen molar-refractivity contribution in [1.29, 1.82) is 0 Å². The van der Waals surface area contributed by atoms with Gasteiger partial charge in [0.25, 0.3) is 0 Å². The lowest BCUT2D eigenvalue weighted by molar-refractivity contribution is 0.670. The van der Waals surface area contributed by atoms with Crippen LogP contribution in [0.15, 0.2) is 174 Å². The van der Waals surface area contributed by atoms with Crippen molar-refractivity contribution in [3.8, 4) is 51.0 Å². The van der Waals surface area contributed by atoms with Crippen LogP contribution in [0.25, 0.3) is 94.7 Å². The van der Waals surface area contributed by atoms with Crippen molar-refractivity contribution in [3.63, 3.8) is 0 Å². The van der Waals surface area contributed by atoms with E-state index in [2.05, 4.69) is 114 Å². The zero-order chi connectivity index (χ0) is 33.0. The zero-order valence-corrected chi connectivity index (χ0v) is 26.9. The van der Waals surface area contributed by atoms with Gasteiger partial charge in [0.2, 0.25) is 0 Å². The lowest BCUT2D eigenvalue weighted by Crippen LogP contribution is -2.00. The number of rotatable bonds is 5. The van der Waals surface area contributed by atoms with Gasteiger partial charge in [0, 0.05) is 49.4 Å². The minimum absolute atomic E-state index is 0.594. The van der Waals surface area contributed by atoms with Crippen molar-refractivity contribution in [1.82, 2.24) is 19.5 Å². The predicted molar refractivity (Wildman–Crippen MR) is 203 cm³/mol. The molecule has 0 saturated carbocycles. The maximum atomic E-state index is 6.80. The third-order valence-electron chi connectivity index (χ3n) is 9.47. The van der Waals surface area contributed by atoms with Crippen LogP contribution in [0.5, 0.6) is 0 Å². The van der Waals surface area contributed by atoms with Gasteiger partial charge in [0.15, 0.2) is 17.5 Å². The average Bonchev–Trinajstić information content (AvgIpc) is 3.74. The molecule has 10 rings (SSSR count). The van der Waals surface area contributed by atoms with Gasteiger partial charge in [-0.15, -0.1) is 0 Å². The maximum absolute atomic E-state index is 6.80. The third-order valence-corrected chi connectivity index (χ3v) is 9.47. The SMILES string of the molecule is c1ccc(-c2nc(-c3ccccc3)nc(-c3ccc4c(c3)oc3c(-c5ccccc5-n5c6ccccc6c6ccccc65)cccc34)n2)cc1. The molecule has 0 spiro atoms. The lowest BCUT2D eigenvalue weighted by atomic mass is 10.00. The zero-order valence-electron chi connectivity index (χ0n) is 26.9. The number of aromatic nitrogens is 4. The van der Waals surface area contributed by atoms with Crippen LogP contribution in [0.3, 0.4) is 0 Å². The number of fused-ring (bicyclic) bond motifs is 6. The number of nitrogens with zero attached hydrogens (tertiary/aromatic N) is 4. The molecule has 10 aromatic rings. The van der Waals surface area contributed by atoms with Crippen LogP contribution in [0.2, 0.25) is 0 Å². The van der Waals surface area contributed by atoms with Crippen LogP contribution in [0.4, 0.5) is 0 Å². The first-order chi connectivity index (χ1) is 24.8. The van der Waals surface area contributed by atoms with Crippen molar-refractivity contribution in [2.75, 3.05) is 0 Å². The fraction of sp³-hybridized carbons (Fsp3) is 0. The summed E-state index contributed by atoms with van der Waals surface area (Å²) in [5.41, 5.74) is 9.94. The monoisotopic (exact) mass is 640 g/mol. The molecule has 0 fully saturated rings. The van der Waals surface area contributed by atoms with Gasteiger partial charge in [-0.25, -0.2) is 15.0 Å². The number of hydrogen-bond donors (Lipinski definition) is 0. The molecule has 0 radical (unpaired) electrons. The Morgan fingerprint density at radius 3 is 1.56 bits per heavy atom. The topological polar surface area (TPSA) is 56.7 Å². The second-order valence-corrected chi connectivity index (χ2v) is 12.4. The summed E-state index contributed by atoms with van der Waals surface area (Å²) in [5, 5.41) is 4.57. The van der Waals surface area contributed by atoms with E-state index < -0.39 is 0 Å². The highest BCUT2D eigenvalue weighted by Crippen LogP contribution is 2.41. The van der Waals surface area contributed by atoms with Crippen LogP contribution in [-0.4, -0.2) is 19.5 Å². The van der Waals surface area contributed by atoms with Crippen LogP contribution in [-0.2, 0) is 0 Å². The first kappa shape index (κ1) is 28.2. The molecule has 0 saturated heterocycles. The van der Waals surface area contributed by atoms with Crippen molar-refractivity contribution in [2.45, 2.75) is 0 Å². The molecular formula is C45H28N4O. The molecule has 0 amide bonds. The molecule has 0 aliphatic carbocycles. The molecule has 7 aromatic carbocycles. The number of hydrogen-bond acceptors (Lipinski definition) is 4. The van der Waals surface area contributed by atoms with E-state index in [1.54, 1.807) is 0 Å². The Labute approximate surface area is 287 Å². The van der Waals surface area contributed by atoms with E-state index in [1.165, 1.54) is 21.8 Å². The molecule has 0 unspecified atom stereocenters. The summed E-state index contributed by atoms with van der Waals surface area (Å²) in [5.74, 6) is 1.85. The summed E-state index contributed by atoms with van der Waals surface area (Å²) >= 11 is 0. The van der Waals surface area contributed by atoms with Crippen LogP contribution in [0, 0.1) is 0 Å². The van der Waals surface area contributed by atoms with Gasteiger partial charge in [0.05, 0.1) is 16.7 Å². The molecule has 0 bridgehead atoms. The van der Waals surface area contributed by atoms with Gasteiger partial charge < -0.3 is 8.98 Å². The Kier molecular flexibility index (Phi) is 6.42. The van der Waals surface area contributed by atoms with E-state index in [4.69, 9.17) is 19.4 Å².